The molecule has 16 heavy (non-hydrogen) atoms. The first-order valence-corrected chi connectivity index (χ1v) is 6.54. The molecule has 1 amide bonds. The Balaban J connectivity index is 2.75. The van der Waals surface area contributed by atoms with Crippen molar-refractivity contribution < 1.29 is 4.79 Å². The molecule has 94 valence electrons. The first kappa shape index (κ1) is 13.5. The summed E-state index contributed by atoms with van der Waals surface area (Å²) in [5.41, 5.74) is 5.62. The smallest absolute Gasteiger partial charge is 0.230 e. The lowest BCUT2D eigenvalue weighted by molar-refractivity contribution is -0.144. The SMILES string of the molecule is CCC(C)N(C)C(=O)C1(CN)CCCCC1. The molecule has 1 saturated carbocycles. The van der Waals surface area contributed by atoms with E-state index in [1.165, 1.54) is 6.42 Å². The molecule has 1 aliphatic carbocycles. The Morgan fingerprint density at radius 2 is 1.94 bits per heavy atom. The average Bonchev–Trinajstić information content (AvgIpc) is 2.36. The minimum Gasteiger partial charge on any atom is -0.343 e. The van der Waals surface area contributed by atoms with Crippen LogP contribution >= 0.6 is 0 Å². The molecule has 1 unspecified atom stereocenters. The molecule has 0 saturated heterocycles. The first-order chi connectivity index (χ1) is 7.57. The molecule has 1 aliphatic rings. The van der Waals surface area contributed by atoms with Crippen LogP contribution in [0.15, 0.2) is 0 Å². The van der Waals surface area contributed by atoms with Gasteiger partial charge in [0.15, 0.2) is 0 Å². The normalized spacial score (nSPS) is 21.5. The van der Waals surface area contributed by atoms with Gasteiger partial charge in [0.2, 0.25) is 5.91 Å². The number of nitrogens with zero attached hydrogens (tertiary/aromatic N) is 1. The number of nitrogens with two attached hydrogens (primary N) is 1. The topological polar surface area (TPSA) is 46.3 Å². The quantitative estimate of drug-likeness (QED) is 0.798. The van der Waals surface area contributed by atoms with Crippen LogP contribution in [0.2, 0.25) is 0 Å². The average molecular weight is 226 g/mol. The summed E-state index contributed by atoms with van der Waals surface area (Å²) < 4.78 is 0. The fourth-order valence-electron chi connectivity index (χ4n) is 2.58. The van der Waals surface area contributed by atoms with E-state index in [0.717, 1.165) is 32.1 Å². The predicted molar refractivity (Wildman–Crippen MR) is 67.1 cm³/mol. The van der Waals surface area contributed by atoms with Crippen LogP contribution in [-0.4, -0.2) is 30.4 Å². The van der Waals surface area contributed by atoms with Crippen molar-refractivity contribution in [3.63, 3.8) is 0 Å². The number of carbonyl (C=O) groups is 1. The third-order valence-corrected chi connectivity index (χ3v) is 4.23. The molecule has 0 aromatic rings. The van der Waals surface area contributed by atoms with Gasteiger partial charge in [-0.15, -0.1) is 0 Å². The maximum Gasteiger partial charge on any atom is 0.230 e. The van der Waals surface area contributed by atoms with Gasteiger partial charge in [0.05, 0.1) is 5.41 Å². The van der Waals surface area contributed by atoms with Crippen molar-refractivity contribution in [1.29, 1.82) is 0 Å². The van der Waals surface area contributed by atoms with E-state index >= 15 is 0 Å². The number of carbonyl (C=O) groups excluding carboxylic acids is 1. The molecule has 0 bridgehead atoms. The van der Waals surface area contributed by atoms with Crippen LogP contribution in [0.3, 0.4) is 0 Å². The zero-order chi connectivity index (χ0) is 12.2. The Labute approximate surface area is 99.4 Å². The van der Waals surface area contributed by atoms with E-state index in [0.29, 0.717) is 12.6 Å². The second-order valence-corrected chi connectivity index (χ2v) is 5.22. The van der Waals surface area contributed by atoms with Crippen molar-refractivity contribution in [2.45, 2.75) is 58.4 Å². The van der Waals surface area contributed by atoms with Gasteiger partial charge in [0.1, 0.15) is 0 Å². The molecule has 1 rings (SSSR count). The maximum atomic E-state index is 12.5. The third-order valence-electron chi connectivity index (χ3n) is 4.23. The molecule has 3 nitrogen and oxygen atoms in total. The predicted octanol–water partition coefficient (Wildman–Crippen LogP) is 2.15. The molecular formula is C13H26N2O. The molecule has 0 aromatic carbocycles. The van der Waals surface area contributed by atoms with Crippen LogP contribution in [0.4, 0.5) is 0 Å². The monoisotopic (exact) mass is 226 g/mol. The first-order valence-electron chi connectivity index (χ1n) is 6.54. The number of hydrogen-bond donors (Lipinski definition) is 1. The largest absolute Gasteiger partial charge is 0.343 e. The van der Waals surface area contributed by atoms with Gasteiger partial charge in [-0.2, -0.15) is 0 Å². The Bertz CT molecular complexity index is 234. The Hall–Kier alpha value is -0.570. The number of amides is 1. The summed E-state index contributed by atoms with van der Waals surface area (Å²) in [7, 11) is 1.92. The van der Waals surface area contributed by atoms with Crippen LogP contribution in [0.1, 0.15) is 52.4 Å². The molecule has 3 heteroatoms. The maximum absolute atomic E-state index is 12.5. The van der Waals surface area contributed by atoms with E-state index in [1.807, 2.05) is 11.9 Å². The number of rotatable bonds is 4. The van der Waals surface area contributed by atoms with E-state index in [1.54, 1.807) is 0 Å². The van der Waals surface area contributed by atoms with Crippen LogP contribution < -0.4 is 5.73 Å². The second kappa shape index (κ2) is 5.67. The van der Waals surface area contributed by atoms with Gasteiger partial charge < -0.3 is 10.6 Å². The molecular weight excluding hydrogens is 200 g/mol. The molecule has 1 fully saturated rings. The minimum absolute atomic E-state index is 0.254. The van der Waals surface area contributed by atoms with Crippen LogP contribution in [0.5, 0.6) is 0 Å². The second-order valence-electron chi connectivity index (χ2n) is 5.22. The van der Waals surface area contributed by atoms with Crippen molar-refractivity contribution in [2.75, 3.05) is 13.6 Å². The highest BCUT2D eigenvalue weighted by Gasteiger charge is 2.40. The highest BCUT2D eigenvalue weighted by Crippen LogP contribution is 2.37. The van der Waals surface area contributed by atoms with E-state index in [2.05, 4.69) is 13.8 Å². The van der Waals surface area contributed by atoms with Crippen LogP contribution in [0.25, 0.3) is 0 Å². The van der Waals surface area contributed by atoms with Crippen LogP contribution in [-0.2, 0) is 4.79 Å². The van der Waals surface area contributed by atoms with Crippen molar-refractivity contribution >= 4 is 5.91 Å². The summed E-state index contributed by atoms with van der Waals surface area (Å²) in [6.07, 6.45) is 6.51. The summed E-state index contributed by atoms with van der Waals surface area (Å²) in [4.78, 5) is 14.4. The van der Waals surface area contributed by atoms with Gasteiger partial charge in [-0.05, 0) is 26.2 Å². The molecule has 0 aromatic heterocycles. The van der Waals surface area contributed by atoms with E-state index in [-0.39, 0.29) is 11.3 Å². The van der Waals surface area contributed by atoms with Gasteiger partial charge in [0, 0.05) is 19.6 Å². The van der Waals surface area contributed by atoms with E-state index in [4.69, 9.17) is 5.73 Å². The fourth-order valence-corrected chi connectivity index (χ4v) is 2.58. The molecule has 0 heterocycles. The summed E-state index contributed by atoms with van der Waals surface area (Å²) in [6, 6.07) is 0.317. The third kappa shape index (κ3) is 2.57. The minimum atomic E-state index is -0.254. The molecule has 2 N–H and O–H groups in total. The molecule has 1 atom stereocenters. The van der Waals surface area contributed by atoms with Crippen LogP contribution in [0, 0.1) is 5.41 Å². The summed E-state index contributed by atoms with van der Waals surface area (Å²) in [5, 5.41) is 0. The van der Waals surface area contributed by atoms with Crippen molar-refractivity contribution in [3.8, 4) is 0 Å². The molecule has 0 spiro atoms. The lowest BCUT2D eigenvalue weighted by Crippen LogP contribution is -2.50. The summed E-state index contributed by atoms with van der Waals surface area (Å²) >= 11 is 0. The van der Waals surface area contributed by atoms with E-state index in [9.17, 15) is 4.79 Å². The Morgan fingerprint density at radius 3 is 2.38 bits per heavy atom. The van der Waals surface area contributed by atoms with E-state index < -0.39 is 0 Å². The highest BCUT2D eigenvalue weighted by molar-refractivity contribution is 5.83. The van der Waals surface area contributed by atoms with Gasteiger partial charge in [-0.3, -0.25) is 4.79 Å². The standard InChI is InChI=1S/C13H26N2O/c1-4-11(2)15(3)12(16)13(10-14)8-6-5-7-9-13/h11H,4-10,14H2,1-3H3. The summed E-state index contributed by atoms with van der Waals surface area (Å²) in [6.45, 7) is 4.72. The van der Waals surface area contributed by atoms with Gasteiger partial charge in [-0.25, -0.2) is 0 Å². The van der Waals surface area contributed by atoms with Gasteiger partial charge in [-0.1, -0.05) is 26.2 Å². The Morgan fingerprint density at radius 1 is 1.38 bits per heavy atom. The van der Waals surface area contributed by atoms with Gasteiger partial charge in [0.25, 0.3) is 0 Å². The molecule has 0 radical (unpaired) electrons. The van der Waals surface area contributed by atoms with Crippen molar-refractivity contribution in [2.24, 2.45) is 11.1 Å². The Kier molecular flexibility index (Phi) is 4.78. The summed E-state index contributed by atoms with van der Waals surface area (Å²) in [5.74, 6) is 0.268. The van der Waals surface area contributed by atoms with Crippen molar-refractivity contribution in [3.05, 3.63) is 0 Å². The van der Waals surface area contributed by atoms with Gasteiger partial charge >= 0.3 is 0 Å². The lowest BCUT2D eigenvalue weighted by atomic mass is 9.73. The fraction of sp³-hybridized carbons (Fsp3) is 0.923. The zero-order valence-corrected chi connectivity index (χ0v) is 11.0. The highest BCUT2D eigenvalue weighted by atomic mass is 16.2. The zero-order valence-electron chi connectivity index (χ0n) is 11.0. The molecule has 0 aliphatic heterocycles. The van der Waals surface area contributed by atoms with Crippen molar-refractivity contribution in [1.82, 2.24) is 4.90 Å². The lowest BCUT2D eigenvalue weighted by Gasteiger charge is -2.39. The number of hydrogen-bond acceptors (Lipinski definition) is 2.